The first-order chi connectivity index (χ1) is 17.4. The summed E-state index contributed by atoms with van der Waals surface area (Å²) in [5.74, 6) is -0.0921. The summed E-state index contributed by atoms with van der Waals surface area (Å²) in [6.07, 6.45) is 1.71. The zero-order valence-electron chi connectivity index (χ0n) is 21.5. The number of para-hydroxylation sites is 1. The summed E-state index contributed by atoms with van der Waals surface area (Å²) >= 11 is 0. The maximum Gasteiger partial charge on any atom is 0.291 e. The molecule has 1 saturated heterocycles. The highest BCUT2D eigenvalue weighted by Gasteiger charge is 2.24. The topological polar surface area (TPSA) is 75.4 Å². The molecule has 0 unspecified atom stereocenters. The number of hydrogen-bond donors (Lipinski definition) is 1. The molecule has 8 heteroatoms. The van der Waals surface area contributed by atoms with Crippen molar-refractivity contribution < 1.29 is 4.79 Å². The lowest BCUT2D eigenvalue weighted by atomic mass is 10.1. The van der Waals surface area contributed by atoms with Crippen molar-refractivity contribution in [1.82, 2.24) is 24.6 Å². The third-order valence-corrected chi connectivity index (χ3v) is 7.59. The van der Waals surface area contributed by atoms with Crippen LogP contribution in [-0.4, -0.2) is 64.4 Å². The van der Waals surface area contributed by atoms with Gasteiger partial charge in [-0.15, -0.1) is 0 Å². The van der Waals surface area contributed by atoms with E-state index in [1.165, 1.54) is 21.5 Å². The molecule has 0 saturated carbocycles. The number of benzene rings is 2. The Morgan fingerprint density at radius 1 is 1.03 bits per heavy atom. The third-order valence-electron chi connectivity index (χ3n) is 7.59. The first-order valence-corrected chi connectivity index (χ1v) is 12.6. The third kappa shape index (κ3) is 4.26. The molecule has 1 N–H and O–H groups in total. The quantitative estimate of drug-likeness (QED) is 0.454. The van der Waals surface area contributed by atoms with Gasteiger partial charge in [0.05, 0.1) is 11.7 Å². The van der Waals surface area contributed by atoms with Gasteiger partial charge in [-0.2, -0.15) is 5.10 Å². The molecule has 0 aliphatic carbocycles. The van der Waals surface area contributed by atoms with Crippen LogP contribution in [0, 0.1) is 13.8 Å². The number of carbonyl (C=O) groups is 1. The minimum atomic E-state index is -0.524. The van der Waals surface area contributed by atoms with Crippen LogP contribution in [-0.2, 0) is 11.8 Å². The molecule has 0 spiro atoms. The van der Waals surface area contributed by atoms with Crippen molar-refractivity contribution in [2.24, 2.45) is 7.05 Å². The number of aryl methyl sites for hydroxylation is 2. The second kappa shape index (κ2) is 9.78. The lowest BCUT2D eigenvalue weighted by Gasteiger charge is -2.37. The van der Waals surface area contributed by atoms with E-state index in [9.17, 15) is 9.59 Å². The van der Waals surface area contributed by atoms with Gasteiger partial charge in [0.15, 0.2) is 0 Å². The van der Waals surface area contributed by atoms with Gasteiger partial charge in [0, 0.05) is 62.8 Å². The van der Waals surface area contributed by atoms with Crippen molar-refractivity contribution in [2.45, 2.75) is 26.8 Å². The lowest BCUT2D eigenvalue weighted by Crippen LogP contribution is -2.49. The van der Waals surface area contributed by atoms with Crippen LogP contribution in [0.15, 0.2) is 53.5 Å². The van der Waals surface area contributed by atoms with E-state index in [1.807, 2.05) is 35.8 Å². The molecular formula is C28H34N6O2. The van der Waals surface area contributed by atoms with E-state index in [1.54, 1.807) is 13.2 Å². The molecule has 0 radical (unpaired) electrons. The molecule has 188 valence electrons. The molecule has 8 nitrogen and oxygen atoms in total. The van der Waals surface area contributed by atoms with E-state index in [-0.39, 0.29) is 11.5 Å². The van der Waals surface area contributed by atoms with Gasteiger partial charge in [-0.3, -0.25) is 14.5 Å². The van der Waals surface area contributed by atoms with Gasteiger partial charge in [-0.05, 0) is 44.0 Å². The average molecular weight is 487 g/mol. The number of anilines is 1. The van der Waals surface area contributed by atoms with E-state index >= 15 is 0 Å². The molecule has 2 aromatic heterocycles. The van der Waals surface area contributed by atoms with Crippen molar-refractivity contribution in [3.8, 4) is 0 Å². The SMILES string of the molecule is Cc1cccc(N2CCN(CCNC(=O)[C@@H](C)n3c4ccccc4c4cnn(C)c(=O)c43)CC2)c1C. The summed E-state index contributed by atoms with van der Waals surface area (Å²) in [7, 11) is 1.63. The first-order valence-electron chi connectivity index (χ1n) is 12.6. The molecule has 36 heavy (non-hydrogen) atoms. The van der Waals surface area contributed by atoms with E-state index < -0.39 is 6.04 Å². The van der Waals surface area contributed by atoms with Crippen LogP contribution >= 0.6 is 0 Å². The van der Waals surface area contributed by atoms with Crippen LogP contribution in [0.4, 0.5) is 5.69 Å². The van der Waals surface area contributed by atoms with Crippen molar-refractivity contribution in [3.63, 3.8) is 0 Å². The van der Waals surface area contributed by atoms with Crippen LogP contribution < -0.4 is 15.8 Å². The maximum atomic E-state index is 13.2. The number of piperazine rings is 1. The molecule has 2 aromatic carbocycles. The van der Waals surface area contributed by atoms with E-state index in [0.29, 0.717) is 12.1 Å². The molecule has 3 heterocycles. The fourth-order valence-electron chi connectivity index (χ4n) is 5.28. The number of fused-ring (bicyclic) bond motifs is 3. The normalized spacial score (nSPS) is 15.5. The fraction of sp³-hybridized carbons (Fsp3) is 0.393. The zero-order valence-corrected chi connectivity index (χ0v) is 21.5. The van der Waals surface area contributed by atoms with Gasteiger partial charge >= 0.3 is 0 Å². The molecule has 0 bridgehead atoms. The highest BCUT2D eigenvalue weighted by atomic mass is 16.2. The minimum absolute atomic E-state index is 0.0921. The Bertz CT molecular complexity index is 1480. The van der Waals surface area contributed by atoms with Crippen LogP contribution in [0.3, 0.4) is 0 Å². The van der Waals surface area contributed by atoms with Crippen molar-refractivity contribution in [3.05, 3.63) is 70.1 Å². The van der Waals surface area contributed by atoms with Crippen molar-refractivity contribution in [2.75, 3.05) is 44.2 Å². The summed E-state index contributed by atoms with van der Waals surface area (Å²) in [6, 6.07) is 13.8. The minimum Gasteiger partial charge on any atom is -0.369 e. The highest BCUT2D eigenvalue weighted by Crippen LogP contribution is 2.29. The van der Waals surface area contributed by atoms with Gasteiger partial charge in [0.1, 0.15) is 11.6 Å². The van der Waals surface area contributed by atoms with Crippen molar-refractivity contribution in [1.29, 1.82) is 0 Å². The predicted octanol–water partition coefficient (Wildman–Crippen LogP) is 3.00. The van der Waals surface area contributed by atoms with E-state index in [2.05, 4.69) is 52.3 Å². The van der Waals surface area contributed by atoms with Crippen LogP contribution in [0.1, 0.15) is 24.1 Å². The molecule has 1 amide bonds. The number of nitrogens with one attached hydrogen (secondary N) is 1. The molecular weight excluding hydrogens is 452 g/mol. The number of rotatable bonds is 6. The first kappa shape index (κ1) is 24.1. The summed E-state index contributed by atoms with van der Waals surface area (Å²) in [4.78, 5) is 31.0. The number of hydrogen-bond acceptors (Lipinski definition) is 5. The Labute approximate surface area is 211 Å². The Balaban J connectivity index is 1.23. The summed E-state index contributed by atoms with van der Waals surface area (Å²) in [5.41, 5.74) is 5.17. The second-order valence-corrected chi connectivity index (χ2v) is 9.74. The van der Waals surface area contributed by atoms with Crippen molar-refractivity contribution >= 4 is 33.4 Å². The second-order valence-electron chi connectivity index (χ2n) is 9.74. The van der Waals surface area contributed by atoms with Crippen LogP contribution in [0.25, 0.3) is 21.8 Å². The highest BCUT2D eigenvalue weighted by molar-refractivity contribution is 6.08. The van der Waals surface area contributed by atoms with Gasteiger partial charge in [0.25, 0.3) is 5.56 Å². The Morgan fingerprint density at radius 3 is 2.56 bits per heavy atom. The molecule has 1 aliphatic rings. The number of aromatic nitrogens is 3. The Hall–Kier alpha value is -3.65. The monoisotopic (exact) mass is 486 g/mol. The predicted molar refractivity (Wildman–Crippen MR) is 145 cm³/mol. The average Bonchev–Trinajstić information content (AvgIpc) is 3.23. The summed E-state index contributed by atoms with van der Waals surface area (Å²) < 4.78 is 3.17. The van der Waals surface area contributed by atoms with E-state index in [4.69, 9.17) is 0 Å². The Kier molecular flexibility index (Phi) is 6.53. The summed E-state index contributed by atoms with van der Waals surface area (Å²) in [6.45, 7) is 11.5. The largest absolute Gasteiger partial charge is 0.369 e. The molecule has 1 fully saturated rings. The maximum absolute atomic E-state index is 13.2. The van der Waals surface area contributed by atoms with E-state index in [0.717, 1.165) is 49.0 Å². The lowest BCUT2D eigenvalue weighted by molar-refractivity contribution is -0.123. The smallest absolute Gasteiger partial charge is 0.291 e. The number of nitrogens with zero attached hydrogens (tertiary/aromatic N) is 5. The molecule has 5 rings (SSSR count). The zero-order chi connectivity index (χ0) is 25.4. The van der Waals surface area contributed by atoms with Gasteiger partial charge in [-0.25, -0.2) is 4.68 Å². The molecule has 4 aromatic rings. The molecule has 1 atom stereocenters. The van der Waals surface area contributed by atoms with Crippen LogP contribution in [0.2, 0.25) is 0 Å². The Morgan fingerprint density at radius 2 is 1.78 bits per heavy atom. The fourth-order valence-corrected chi connectivity index (χ4v) is 5.28. The van der Waals surface area contributed by atoms with Gasteiger partial charge in [-0.1, -0.05) is 30.3 Å². The standard InChI is InChI=1S/C28H34N6O2/c1-19-8-7-11-24(20(19)2)33-16-14-32(15-17-33)13-12-29-27(35)21(3)34-25-10-6-5-9-22(25)23-18-30-31(4)28(36)26(23)34/h5-11,18,21H,12-17H2,1-4H3,(H,29,35)/t21-/m1/s1. The van der Waals surface area contributed by atoms with Gasteiger partial charge < -0.3 is 14.8 Å². The number of carbonyl (C=O) groups excluding carboxylic acids is 1. The molecule has 1 aliphatic heterocycles. The number of amides is 1. The van der Waals surface area contributed by atoms with Crippen LogP contribution in [0.5, 0.6) is 0 Å². The van der Waals surface area contributed by atoms with Gasteiger partial charge in [0.2, 0.25) is 5.91 Å². The summed E-state index contributed by atoms with van der Waals surface area (Å²) in [5, 5.41) is 9.00.